The lowest BCUT2D eigenvalue weighted by atomic mass is 10.1. The minimum absolute atomic E-state index is 0.109. The predicted octanol–water partition coefficient (Wildman–Crippen LogP) is 1.33. The van der Waals surface area contributed by atoms with Gasteiger partial charge in [0.1, 0.15) is 0 Å². The van der Waals surface area contributed by atoms with Crippen molar-refractivity contribution in [2.45, 2.75) is 12.5 Å². The van der Waals surface area contributed by atoms with Gasteiger partial charge in [0, 0.05) is 18.8 Å². The van der Waals surface area contributed by atoms with E-state index in [4.69, 9.17) is 22.1 Å². The van der Waals surface area contributed by atoms with Crippen LogP contribution in [-0.4, -0.2) is 49.7 Å². The van der Waals surface area contributed by atoms with Gasteiger partial charge in [0.15, 0.2) is 0 Å². The highest BCUT2D eigenvalue weighted by molar-refractivity contribution is 6.34. The Morgan fingerprint density at radius 2 is 2.29 bits per heavy atom. The van der Waals surface area contributed by atoms with Crippen LogP contribution in [0.5, 0.6) is 0 Å². The molecule has 1 unspecified atom stereocenters. The number of esters is 1. The van der Waals surface area contributed by atoms with E-state index < -0.39 is 0 Å². The molecule has 7 heteroatoms. The number of ether oxygens (including phenoxy) is 2. The van der Waals surface area contributed by atoms with Gasteiger partial charge in [-0.05, 0) is 12.1 Å². The Morgan fingerprint density at radius 1 is 1.52 bits per heavy atom. The highest BCUT2D eigenvalue weighted by Crippen LogP contribution is 2.24. The zero-order chi connectivity index (χ0) is 15.4. The van der Waals surface area contributed by atoms with Crippen molar-refractivity contribution in [2.24, 2.45) is 0 Å². The molecule has 114 valence electrons. The first-order valence-electron chi connectivity index (χ1n) is 6.54. The average Bonchev–Trinajstić information content (AvgIpc) is 2.47. The molecular formula is C14H17ClN2O4. The van der Waals surface area contributed by atoms with Gasteiger partial charge in [0.05, 0.1) is 36.8 Å². The van der Waals surface area contributed by atoms with Gasteiger partial charge in [-0.1, -0.05) is 17.7 Å². The highest BCUT2D eigenvalue weighted by atomic mass is 35.5. The quantitative estimate of drug-likeness (QED) is 0.672. The first-order chi connectivity index (χ1) is 10.0. The zero-order valence-electron chi connectivity index (χ0n) is 11.7. The van der Waals surface area contributed by atoms with Crippen LogP contribution >= 0.6 is 11.6 Å². The molecule has 1 aromatic rings. The van der Waals surface area contributed by atoms with Crippen molar-refractivity contribution >= 4 is 29.2 Å². The molecule has 1 aliphatic heterocycles. The molecule has 0 saturated carbocycles. The molecule has 2 rings (SSSR count). The number of halogens is 1. The third kappa shape index (κ3) is 3.65. The van der Waals surface area contributed by atoms with Gasteiger partial charge >= 0.3 is 5.97 Å². The van der Waals surface area contributed by atoms with Crippen molar-refractivity contribution in [3.8, 4) is 0 Å². The zero-order valence-corrected chi connectivity index (χ0v) is 12.4. The van der Waals surface area contributed by atoms with Crippen LogP contribution in [0.25, 0.3) is 0 Å². The molecule has 0 bridgehead atoms. The van der Waals surface area contributed by atoms with E-state index in [1.54, 1.807) is 23.1 Å². The van der Waals surface area contributed by atoms with E-state index in [0.717, 1.165) is 0 Å². The van der Waals surface area contributed by atoms with Gasteiger partial charge in [-0.2, -0.15) is 0 Å². The van der Waals surface area contributed by atoms with E-state index in [1.807, 2.05) is 0 Å². The molecule has 6 nitrogen and oxygen atoms in total. The number of carbonyl (C=O) groups excluding carboxylic acids is 2. The van der Waals surface area contributed by atoms with Gasteiger partial charge in [-0.15, -0.1) is 0 Å². The molecule has 1 heterocycles. The summed E-state index contributed by atoms with van der Waals surface area (Å²) in [5.74, 6) is -0.622. The number of nitrogens with two attached hydrogens (primary N) is 1. The Balaban J connectivity index is 2.10. The topological polar surface area (TPSA) is 81.9 Å². The smallest absolute Gasteiger partial charge is 0.308 e. The van der Waals surface area contributed by atoms with E-state index in [9.17, 15) is 9.59 Å². The Hall–Kier alpha value is -1.79. The van der Waals surface area contributed by atoms with Crippen molar-refractivity contribution in [1.82, 2.24) is 4.90 Å². The number of carbonyl (C=O) groups is 2. The maximum absolute atomic E-state index is 12.5. The van der Waals surface area contributed by atoms with Crippen LogP contribution in [0.1, 0.15) is 16.8 Å². The number of rotatable bonds is 3. The van der Waals surface area contributed by atoms with E-state index in [0.29, 0.717) is 30.4 Å². The van der Waals surface area contributed by atoms with Crippen LogP contribution in [0.2, 0.25) is 5.02 Å². The summed E-state index contributed by atoms with van der Waals surface area (Å²) in [6, 6.07) is 4.94. The normalized spacial score (nSPS) is 18.4. The van der Waals surface area contributed by atoms with Crippen LogP contribution in [-0.2, 0) is 14.3 Å². The standard InChI is InChI=1S/C14H17ClN2O4/c1-20-12(18)7-9-8-17(5-6-21-9)14(19)13-10(15)3-2-4-11(13)16/h2-4,9H,5-8,16H2,1H3. The highest BCUT2D eigenvalue weighted by Gasteiger charge is 2.28. The lowest BCUT2D eigenvalue weighted by molar-refractivity contribution is -0.145. The average molecular weight is 313 g/mol. The summed E-state index contributed by atoms with van der Waals surface area (Å²) in [4.78, 5) is 25.4. The van der Waals surface area contributed by atoms with E-state index in [-0.39, 0.29) is 30.0 Å². The van der Waals surface area contributed by atoms with E-state index in [2.05, 4.69) is 4.74 Å². The summed E-state index contributed by atoms with van der Waals surface area (Å²) in [5.41, 5.74) is 6.45. The number of morpholine rings is 1. The number of amides is 1. The van der Waals surface area contributed by atoms with Gasteiger partial charge in [-0.25, -0.2) is 0 Å². The molecule has 0 spiro atoms. The Labute approximate surface area is 127 Å². The number of nitrogen functional groups attached to an aromatic ring is 1. The van der Waals surface area contributed by atoms with Crippen LogP contribution in [0.15, 0.2) is 18.2 Å². The minimum Gasteiger partial charge on any atom is -0.469 e. The van der Waals surface area contributed by atoms with Gasteiger partial charge in [0.25, 0.3) is 5.91 Å². The van der Waals surface area contributed by atoms with E-state index in [1.165, 1.54) is 7.11 Å². The van der Waals surface area contributed by atoms with Crippen LogP contribution in [0, 0.1) is 0 Å². The first kappa shape index (κ1) is 15.6. The fourth-order valence-corrected chi connectivity index (χ4v) is 2.48. The van der Waals surface area contributed by atoms with Gasteiger partial charge in [0.2, 0.25) is 0 Å². The molecule has 1 saturated heterocycles. The largest absolute Gasteiger partial charge is 0.469 e. The lowest BCUT2D eigenvalue weighted by Gasteiger charge is -2.33. The molecule has 0 radical (unpaired) electrons. The number of nitrogens with zero attached hydrogens (tertiary/aromatic N) is 1. The Morgan fingerprint density at radius 3 is 2.95 bits per heavy atom. The number of methoxy groups -OCH3 is 1. The summed E-state index contributed by atoms with van der Waals surface area (Å²) in [6.07, 6.45) is -0.267. The summed E-state index contributed by atoms with van der Waals surface area (Å²) >= 11 is 6.05. The monoisotopic (exact) mass is 312 g/mol. The van der Waals surface area contributed by atoms with E-state index >= 15 is 0 Å². The van der Waals surface area contributed by atoms with Crippen LogP contribution in [0.3, 0.4) is 0 Å². The second kappa shape index (κ2) is 6.78. The number of benzene rings is 1. The molecule has 1 amide bonds. The number of hydrogen-bond donors (Lipinski definition) is 1. The SMILES string of the molecule is COC(=O)CC1CN(C(=O)c2c(N)cccc2Cl)CCO1. The second-order valence-electron chi connectivity index (χ2n) is 4.73. The summed E-state index contributed by atoms with van der Waals surface area (Å²) in [5, 5.41) is 0.316. The molecule has 1 aromatic carbocycles. The molecule has 1 atom stereocenters. The predicted molar refractivity (Wildman–Crippen MR) is 78.1 cm³/mol. The molecular weight excluding hydrogens is 296 g/mol. The maximum atomic E-state index is 12.5. The van der Waals surface area contributed by atoms with Crippen LogP contribution < -0.4 is 5.73 Å². The van der Waals surface area contributed by atoms with Crippen molar-refractivity contribution in [2.75, 3.05) is 32.5 Å². The van der Waals surface area contributed by atoms with Gasteiger partial charge in [-0.3, -0.25) is 9.59 Å². The maximum Gasteiger partial charge on any atom is 0.308 e. The first-order valence-corrected chi connectivity index (χ1v) is 6.92. The van der Waals surface area contributed by atoms with Gasteiger partial charge < -0.3 is 20.1 Å². The molecule has 1 aliphatic rings. The lowest BCUT2D eigenvalue weighted by Crippen LogP contribution is -2.46. The van der Waals surface area contributed by atoms with Crippen molar-refractivity contribution in [3.05, 3.63) is 28.8 Å². The fourth-order valence-electron chi connectivity index (χ4n) is 2.22. The third-order valence-electron chi connectivity index (χ3n) is 3.31. The van der Waals surface area contributed by atoms with Crippen molar-refractivity contribution < 1.29 is 19.1 Å². The summed E-state index contributed by atoms with van der Waals surface area (Å²) in [6.45, 7) is 1.09. The Bertz CT molecular complexity index is 530. The summed E-state index contributed by atoms with van der Waals surface area (Å²) < 4.78 is 10.1. The number of anilines is 1. The minimum atomic E-state index is -0.376. The second-order valence-corrected chi connectivity index (χ2v) is 5.14. The Kier molecular flexibility index (Phi) is 5.03. The summed E-state index contributed by atoms with van der Waals surface area (Å²) in [7, 11) is 1.32. The molecule has 2 N–H and O–H groups in total. The molecule has 1 fully saturated rings. The van der Waals surface area contributed by atoms with Crippen molar-refractivity contribution in [1.29, 1.82) is 0 Å². The third-order valence-corrected chi connectivity index (χ3v) is 3.62. The van der Waals surface area contributed by atoms with Crippen molar-refractivity contribution in [3.63, 3.8) is 0 Å². The number of hydrogen-bond acceptors (Lipinski definition) is 5. The molecule has 0 aliphatic carbocycles. The fraction of sp³-hybridized carbons (Fsp3) is 0.429. The van der Waals surface area contributed by atoms with Crippen LogP contribution in [0.4, 0.5) is 5.69 Å². The molecule has 0 aromatic heterocycles. The molecule has 21 heavy (non-hydrogen) atoms.